The molecular weight excluding hydrogens is 290 g/mol. The Morgan fingerprint density at radius 3 is 2.57 bits per heavy atom. The van der Waals surface area contributed by atoms with E-state index >= 15 is 0 Å². The lowest BCUT2D eigenvalue weighted by molar-refractivity contribution is 0.528. The molecule has 5 heteroatoms. The number of nitrogens with one attached hydrogen (secondary N) is 1. The number of hydrogen-bond acceptors (Lipinski definition) is 4. The van der Waals surface area contributed by atoms with Crippen molar-refractivity contribution in [3.63, 3.8) is 0 Å². The number of nitriles is 1. The van der Waals surface area contributed by atoms with Crippen LogP contribution in [-0.2, 0) is 13.5 Å². The number of hydrogen-bond donors (Lipinski definition) is 1. The molecule has 23 heavy (non-hydrogen) atoms. The van der Waals surface area contributed by atoms with E-state index in [2.05, 4.69) is 11.4 Å². The van der Waals surface area contributed by atoms with E-state index in [1.165, 1.54) is 4.57 Å². The van der Waals surface area contributed by atoms with Crippen LogP contribution in [0.1, 0.15) is 5.56 Å². The Morgan fingerprint density at radius 1 is 1.22 bits per heavy atom. The first-order valence-corrected chi connectivity index (χ1v) is 7.38. The second kappa shape index (κ2) is 6.11. The largest absolute Gasteiger partial charge is 0.419 e. The van der Waals surface area contributed by atoms with Gasteiger partial charge in [-0.1, -0.05) is 30.3 Å². The van der Waals surface area contributed by atoms with Gasteiger partial charge >= 0.3 is 5.76 Å². The van der Waals surface area contributed by atoms with Crippen molar-refractivity contribution in [1.82, 2.24) is 9.88 Å². The Labute approximate surface area is 133 Å². The fraction of sp³-hybridized carbons (Fsp3) is 0.222. The van der Waals surface area contributed by atoms with Crippen LogP contribution >= 0.6 is 0 Å². The van der Waals surface area contributed by atoms with E-state index in [1.54, 1.807) is 14.1 Å². The molecule has 0 bridgehead atoms. The van der Waals surface area contributed by atoms with E-state index in [9.17, 15) is 4.79 Å². The molecule has 1 aromatic heterocycles. The highest BCUT2D eigenvalue weighted by atomic mass is 16.4. The predicted molar refractivity (Wildman–Crippen MR) is 89.1 cm³/mol. The van der Waals surface area contributed by atoms with E-state index in [1.807, 2.05) is 42.5 Å². The molecule has 116 valence electrons. The first-order valence-electron chi connectivity index (χ1n) is 7.38. The van der Waals surface area contributed by atoms with Crippen molar-refractivity contribution in [2.24, 2.45) is 7.05 Å². The summed E-state index contributed by atoms with van der Waals surface area (Å²) in [5.74, 6) is -0.359. The van der Waals surface area contributed by atoms with E-state index in [-0.39, 0.29) is 11.8 Å². The smallest absolute Gasteiger partial charge is 0.408 e. The minimum Gasteiger partial charge on any atom is -0.408 e. The van der Waals surface area contributed by atoms with Crippen molar-refractivity contribution in [2.75, 3.05) is 7.05 Å². The lowest BCUT2D eigenvalue weighted by Gasteiger charge is -2.08. The minimum atomic E-state index is -0.359. The standard InChI is InChI=1S/C18H17N3O2/c1-20-15(11-19)9-12-3-5-13(6-4-12)14-7-8-17-16(10-14)21(2)18(22)23-17/h3-8,10,15,20H,9H2,1-2H3/t15-/m0/s1. The SMILES string of the molecule is CN[C@H](C#N)Cc1ccc(-c2ccc3oc(=O)n(C)c3c2)cc1. The van der Waals surface area contributed by atoms with Crippen LogP contribution in [0.5, 0.6) is 0 Å². The number of fused-ring (bicyclic) bond motifs is 1. The normalized spacial score (nSPS) is 12.2. The van der Waals surface area contributed by atoms with Gasteiger partial charge in [0, 0.05) is 13.5 Å². The molecule has 0 fully saturated rings. The van der Waals surface area contributed by atoms with Crippen LogP contribution in [-0.4, -0.2) is 17.7 Å². The third-order valence-corrected chi connectivity index (χ3v) is 4.02. The van der Waals surface area contributed by atoms with Gasteiger partial charge in [-0.25, -0.2) is 4.79 Å². The van der Waals surface area contributed by atoms with E-state index < -0.39 is 0 Å². The highest BCUT2D eigenvalue weighted by Gasteiger charge is 2.09. The Bertz CT molecular complexity index is 930. The van der Waals surface area contributed by atoms with Crippen LogP contribution in [0, 0.1) is 11.3 Å². The van der Waals surface area contributed by atoms with Crippen molar-refractivity contribution in [3.8, 4) is 17.2 Å². The van der Waals surface area contributed by atoms with Gasteiger partial charge in [-0.3, -0.25) is 4.57 Å². The number of rotatable bonds is 4. The molecule has 0 aliphatic heterocycles. The summed E-state index contributed by atoms with van der Waals surface area (Å²) in [6.45, 7) is 0. The van der Waals surface area contributed by atoms with Crippen LogP contribution in [0.3, 0.4) is 0 Å². The van der Waals surface area contributed by atoms with Crippen LogP contribution in [0.2, 0.25) is 0 Å². The lowest BCUT2D eigenvalue weighted by atomic mass is 10.0. The van der Waals surface area contributed by atoms with Gasteiger partial charge in [-0.05, 0) is 35.9 Å². The Kier molecular flexibility index (Phi) is 4.00. The topological polar surface area (TPSA) is 71.0 Å². The lowest BCUT2D eigenvalue weighted by Crippen LogP contribution is -2.25. The fourth-order valence-corrected chi connectivity index (χ4v) is 2.59. The average molecular weight is 307 g/mol. The summed E-state index contributed by atoms with van der Waals surface area (Å²) in [7, 11) is 3.48. The average Bonchev–Trinajstić information content (AvgIpc) is 2.87. The molecule has 0 aliphatic rings. The molecule has 1 atom stereocenters. The number of benzene rings is 2. The zero-order valence-electron chi connectivity index (χ0n) is 13.0. The van der Waals surface area contributed by atoms with Gasteiger partial charge < -0.3 is 9.73 Å². The van der Waals surface area contributed by atoms with E-state index in [4.69, 9.17) is 9.68 Å². The van der Waals surface area contributed by atoms with Gasteiger partial charge in [0.1, 0.15) is 0 Å². The summed E-state index contributed by atoms with van der Waals surface area (Å²) in [5, 5.41) is 12.0. The maximum atomic E-state index is 11.6. The maximum Gasteiger partial charge on any atom is 0.419 e. The molecule has 0 aliphatic carbocycles. The molecule has 0 unspecified atom stereocenters. The monoisotopic (exact) mass is 307 g/mol. The summed E-state index contributed by atoms with van der Waals surface area (Å²) in [5.41, 5.74) is 4.54. The molecule has 0 spiro atoms. The van der Waals surface area contributed by atoms with Gasteiger partial charge in [0.15, 0.2) is 5.58 Å². The summed E-state index contributed by atoms with van der Waals surface area (Å²) < 4.78 is 6.64. The molecule has 0 saturated carbocycles. The zero-order chi connectivity index (χ0) is 16.4. The number of nitrogens with zero attached hydrogens (tertiary/aromatic N) is 2. The highest BCUT2D eigenvalue weighted by molar-refractivity contribution is 5.80. The van der Waals surface area contributed by atoms with Gasteiger partial charge in [-0.2, -0.15) is 5.26 Å². The van der Waals surface area contributed by atoms with Crippen LogP contribution in [0.4, 0.5) is 0 Å². The second-order valence-corrected chi connectivity index (χ2v) is 5.48. The van der Waals surface area contributed by atoms with Gasteiger partial charge in [0.05, 0.1) is 17.6 Å². The van der Waals surface area contributed by atoms with Gasteiger partial charge in [0.2, 0.25) is 0 Å². The molecule has 1 N–H and O–H groups in total. The van der Waals surface area contributed by atoms with Gasteiger partial charge in [-0.15, -0.1) is 0 Å². The maximum absolute atomic E-state index is 11.6. The van der Waals surface area contributed by atoms with Crippen LogP contribution in [0.15, 0.2) is 51.7 Å². The number of aromatic nitrogens is 1. The molecular formula is C18H17N3O2. The van der Waals surface area contributed by atoms with Crippen molar-refractivity contribution in [1.29, 1.82) is 5.26 Å². The Morgan fingerprint density at radius 2 is 1.91 bits per heavy atom. The molecule has 0 radical (unpaired) electrons. The Hall–Kier alpha value is -2.84. The third kappa shape index (κ3) is 2.89. The summed E-state index contributed by atoms with van der Waals surface area (Å²) in [6, 6.07) is 15.8. The van der Waals surface area contributed by atoms with Crippen LogP contribution in [0.25, 0.3) is 22.2 Å². The second-order valence-electron chi connectivity index (χ2n) is 5.48. The van der Waals surface area contributed by atoms with Gasteiger partial charge in [0.25, 0.3) is 0 Å². The molecule has 3 rings (SSSR count). The van der Waals surface area contributed by atoms with Crippen molar-refractivity contribution < 1.29 is 4.42 Å². The highest BCUT2D eigenvalue weighted by Crippen LogP contribution is 2.24. The zero-order valence-corrected chi connectivity index (χ0v) is 13.0. The minimum absolute atomic E-state index is 0.183. The quantitative estimate of drug-likeness (QED) is 0.803. The molecule has 0 amide bonds. The molecule has 5 nitrogen and oxygen atoms in total. The van der Waals surface area contributed by atoms with Crippen molar-refractivity contribution >= 4 is 11.1 Å². The molecule has 0 saturated heterocycles. The molecule has 3 aromatic rings. The summed E-state index contributed by atoms with van der Waals surface area (Å²) in [6.07, 6.45) is 0.669. The number of oxazole rings is 1. The van der Waals surface area contributed by atoms with Crippen molar-refractivity contribution in [3.05, 3.63) is 58.6 Å². The number of likely N-dealkylation sites (N-methyl/N-ethyl adjacent to an activating group) is 1. The first-order chi connectivity index (χ1) is 11.1. The first kappa shape index (κ1) is 15.1. The van der Waals surface area contributed by atoms with E-state index in [0.29, 0.717) is 12.0 Å². The van der Waals surface area contributed by atoms with E-state index in [0.717, 1.165) is 22.2 Å². The Balaban J connectivity index is 1.91. The fourth-order valence-electron chi connectivity index (χ4n) is 2.59. The molecule has 2 aromatic carbocycles. The number of aryl methyl sites for hydroxylation is 1. The predicted octanol–water partition coefficient (Wildman–Crippen LogP) is 2.45. The molecule has 1 heterocycles. The van der Waals surface area contributed by atoms with Crippen molar-refractivity contribution in [2.45, 2.75) is 12.5 Å². The summed E-state index contributed by atoms with van der Waals surface area (Å²) >= 11 is 0. The summed E-state index contributed by atoms with van der Waals surface area (Å²) in [4.78, 5) is 11.6. The third-order valence-electron chi connectivity index (χ3n) is 4.02. The van der Waals surface area contributed by atoms with Crippen LogP contribution < -0.4 is 11.1 Å².